The third kappa shape index (κ3) is 4.12. The lowest BCUT2D eigenvalue weighted by Crippen LogP contribution is -2.14. The number of Topliss-reactive ketones (excluding diaryl/α,β-unsaturated/α-hetero) is 1. The van der Waals surface area contributed by atoms with Crippen molar-refractivity contribution in [3.63, 3.8) is 0 Å². The number of carbonyl (C=O) groups is 1. The first-order chi connectivity index (χ1) is 15.2. The van der Waals surface area contributed by atoms with Gasteiger partial charge in [0.05, 0.1) is 5.69 Å². The summed E-state index contributed by atoms with van der Waals surface area (Å²) in [6.45, 7) is 0. The van der Waals surface area contributed by atoms with Crippen LogP contribution in [0, 0.1) is 17.7 Å². The van der Waals surface area contributed by atoms with Crippen molar-refractivity contribution in [3.8, 4) is 22.5 Å². The lowest BCUT2D eigenvalue weighted by molar-refractivity contribution is 0.0967. The van der Waals surface area contributed by atoms with Gasteiger partial charge in [0.15, 0.2) is 5.78 Å². The molecule has 5 rings (SSSR count). The molecule has 0 radical (unpaired) electrons. The van der Waals surface area contributed by atoms with Gasteiger partial charge in [0.25, 0.3) is 0 Å². The maximum Gasteiger partial charge on any atom is 0.240 e. The minimum atomic E-state index is -4.18. The molecule has 32 heavy (non-hydrogen) atoms. The number of ketones is 1. The van der Waals surface area contributed by atoms with Crippen LogP contribution >= 0.6 is 11.6 Å². The number of halogens is 2. The Morgan fingerprint density at radius 2 is 1.69 bits per heavy atom. The summed E-state index contributed by atoms with van der Waals surface area (Å²) >= 11 is 6.07. The molecular formula is C24H22ClFN2O3S. The maximum absolute atomic E-state index is 14.7. The largest absolute Gasteiger partial charge is 0.354 e. The average Bonchev–Trinajstić information content (AvgIpc) is 3.65. The number of carbonyl (C=O) groups excluding carboxylic acids is 1. The van der Waals surface area contributed by atoms with E-state index in [2.05, 4.69) is 4.98 Å². The highest BCUT2D eigenvalue weighted by molar-refractivity contribution is 7.89. The second-order valence-electron chi connectivity index (χ2n) is 8.71. The average molecular weight is 473 g/mol. The molecule has 1 aromatic heterocycles. The second-order valence-corrected chi connectivity index (χ2v) is 10.7. The zero-order chi connectivity index (χ0) is 22.6. The third-order valence-electron chi connectivity index (χ3n) is 6.15. The fraction of sp³-hybridized carbons (Fsp3) is 0.292. The highest BCUT2D eigenvalue weighted by atomic mass is 35.5. The second kappa shape index (κ2) is 7.83. The first kappa shape index (κ1) is 21.4. The Morgan fingerprint density at radius 3 is 2.25 bits per heavy atom. The van der Waals surface area contributed by atoms with Gasteiger partial charge in [-0.15, -0.1) is 0 Å². The molecule has 0 amide bonds. The number of nitrogens with one attached hydrogen (secondary N) is 1. The van der Waals surface area contributed by atoms with Crippen molar-refractivity contribution in [1.29, 1.82) is 0 Å². The molecule has 166 valence electrons. The smallest absolute Gasteiger partial charge is 0.240 e. The molecule has 0 saturated heterocycles. The Morgan fingerprint density at radius 1 is 1.03 bits per heavy atom. The number of aromatic amines is 1. The van der Waals surface area contributed by atoms with E-state index in [0.29, 0.717) is 27.8 Å². The fourth-order valence-corrected chi connectivity index (χ4v) is 4.86. The van der Waals surface area contributed by atoms with E-state index >= 15 is 0 Å². The van der Waals surface area contributed by atoms with Crippen molar-refractivity contribution in [3.05, 3.63) is 64.4 Å². The minimum Gasteiger partial charge on any atom is -0.354 e. The zero-order valence-corrected chi connectivity index (χ0v) is 18.8. The summed E-state index contributed by atoms with van der Waals surface area (Å²) in [6.07, 6.45) is 4.70. The number of hydrogen-bond acceptors (Lipinski definition) is 3. The maximum atomic E-state index is 14.7. The topological polar surface area (TPSA) is 93.0 Å². The van der Waals surface area contributed by atoms with Crippen molar-refractivity contribution in [2.45, 2.75) is 37.0 Å². The summed E-state index contributed by atoms with van der Waals surface area (Å²) in [5, 5.41) is 5.72. The SMILES string of the molecule is NS(=O)(=O)c1ccc(-c2[nH]c(-c3ccc(Cl)cc3)c(CC3CC3)c2C(=O)C2CC2)cc1F. The van der Waals surface area contributed by atoms with Crippen molar-refractivity contribution < 1.29 is 17.6 Å². The van der Waals surface area contributed by atoms with E-state index in [4.69, 9.17) is 16.7 Å². The van der Waals surface area contributed by atoms with Gasteiger partial charge in [0.2, 0.25) is 10.0 Å². The van der Waals surface area contributed by atoms with Crippen LogP contribution in [-0.4, -0.2) is 19.2 Å². The minimum absolute atomic E-state index is 0.0193. The van der Waals surface area contributed by atoms with Crippen LogP contribution in [0.2, 0.25) is 5.02 Å². The van der Waals surface area contributed by atoms with Gasteiger partial charge in [-0.05, 0) is 73.4 Å². The first-order valence-electron chi connectivity index (χ1n) is 10.6. The van der Waals surface area contributed by atoms with Crippen molar-refractivity contribution in [1.82, 2.24) is 4.98 Å². The van der Waals surface area contributed by atoms with E-state index in [-0.39, 0.29) is 11.7 Å². The highest BCUT2D eigenvalue weighted by Crippen LogP contribution is 2.44. The zero-order valence-electron chi connectivity index (χ0n) is 17.2. The van der Waals surface area contributed by atoms with Crippen LogP contribution in [0.5, 0.6) is 0 Å². The van der Waals surface area contributed by atoms with Gasteiger partial charge in [0, 0.05) is 27.8 Å². The number of aromatic nitrogens is 1. The van der Waals surface area contributed by atoms with E-state index in [1.165, 1.54) is 6.07 Å². The lowest BCUT2D eigenvalue weighted by Gasteiger charge is -2.09. The van der Waals surface area contributed by atoms with E-state index in [1.54, 1.807) is 12.1 Å². The molecule has 0 atom stereocenters. The molecular weight excluding hydrogens is 451 g/mol. The predicted molar refractivity (Wildman–Crippen MR) is 121 cm³/mol. The van der Waals surface area contributed by atoms with Crippen LogP contribution in [0.4, 0.5) is 4.39 Å². The summed E-state index contributed by atoms with van der Waals surface area (Å²) in [7, 11) is -4.18. The quantitative estimate of drug-likeness (QED) is 0.455. The molecule has 2 aromatic carbocycles. The molecule has 0 aliphatic heterocycles. The molecule has 0 spiro atoms. The Hall–Kier alpha value is -2.48. The predicted octanol–water partition coefficient (Wildman–Crippen LogP) is 5.33. The number of sulfonamides is 1. The Labute approximate surface area is 190 Å². The van der Waals surface area contributed by atoms with Crippen molar-refractivity contribution >= 4 is 27.4 Å². The number of primary sulfonamides is 1. The van der Waals surface area contributed by atoms with Crippen LogP contribution in [0.1, 0.15) is 41.6 Å². The number of benzene rings is 2. The molecule has 2 aliphatic carbocycles. The monoisotopic (exact) mass is 472 g/mol. The van der Waals surface area contributed by atoms with Gasteiger partial charge in [-0.25, -0.2) is 17.9 Å². The van der Waals surface area contributed by atoms with E-state index in [0.717, 1.165) is 61.1 Å². The van der Waals surface area contributed by atoms with Gasteiger partial charge >= 0.3 is 0 Å². The normalized spacial score (nSPS) is 16.3. The number of H-pyrrole nitrogens is 1. The molecule has 2 fully saturated rings. The molecule has 0 unspecified atom stereocenters. The summed E-state index contributed by atoms with van der Waals surface area (Å²) < 4.78 is 37.9. The molecule has 5 nitrogen and oxygen atoms in total. The first-order valence-corrected chi connectivity index (χ1v) is 12.5. The molecule has 8 heteroatoms. The molecule has 2 saturated carbocycles. The van der Waals surface area contributed by atoms with Crippen LogP contribution in [0.3, 0.4) is 0 Å². The third-order valence-corrected chi connectivity index (χ3v) is 7.34. The van der Waals surface area contributed by atoms with Gasteiger partial charge in [-0.2, -0.15) is 0 Å². The summed E-state index contributed by atoms with van der Waals surface area (Å²) in [6, 6.07) is 11.1. The molecule has 3 N–H and O–H groups in total. The Bertz CT molecular complexity index is 1320. The molecule has 3 aromatic rings. The Kier molecular flexibility index (Phi) is 5.23. The van der Waals surface area contributed by atoms with Crippen LogP contribution in [-0.2, 0) is 16.4 Å². The van der Waals surface area contributed by atoms with Crippen LogP contribution in [0.25, 0.3) is 22.5 Å². The van der Waals surface area contributed by atoms with E-state index < -0.39 is 20.7 Å². The van der Waals surface area contributed by atoms with Crippen molar-refractivity contribution in [2.75, 3.05) is 0 Å². The van der Waals surface area contributed by atoms with Crippen LogP contribution in [0.15, 0.2) is 47.4 Å². The number of hydrogen-bond donors (Lipinski definition) is 2. The number of rotatable bonds is 7. The van der Waals surface area contributed by atoms with Crippen molar-refractivity contribution in [2.24, 2.45) is 17.0 Å². The Balaban J connectivity index is 1.71. The van der Waals surface area contributed by atoms with E-state index in [1.807, 2.05) is 12.1 Å². The summed E-state index contributed by atoms with van der Waals surface area (Å²) in [4.78, 5) is 16.2. The van der Waals surface area contributed by atoms with Gasteiger partial charge in [-0.1, -0.05) is 29.8 Å². The molecule has 2 aliphatic rings. The molecule has 1 heterocycles. The lowest BCUT2D eigenvalue weighted by atomic mass is 9.93. The highest BCUT2D eigenvalue weighted by Gasteiger charge is 2.37. The standard InChI is InChI=1S/C24H22ClFN2O3S/c25-17-8-5-14(6-9-17)22-18(11-13-1-2-13)21(24(29)15-3-4-15)23(28-22)16-7-10-20(19(26)12-16)32(27,30)31/h5-10,12-13,15,28H,1-4,11H2,(H2,27,30,31). The van der Waals surface area contributed by atoms with Crippen LogP contribution < -0.4 is 5.14 Å². The molecule has 0 bridgehead atoms. The fourth-order valence-electron chi connectivity index (χ4n) is 4.14. The van der Waals surface area contributed by atoms with Gasteiger partial charge < -0.3 is 4.98 Å². The van der Waals surface area contributed by atoms with Gasteiger partial charge in [0.1, 0.15) is 10.7 Å². The number of nitrogens with two attached hydrogens (primary N) is 1. The summed E-state index contributed by atoms with van der Waals surface area (Å²) in [5.41, 5.74) is 4.18. The van der Waals surface area contributed by atoms with Gasteiger partial charge in [-0.3, -0.25) is 4.79 Å². The van der Waals surface area contributed by atoms with E-state index in [9.17, 15) is 17.6 Å². The summed E-state index contributed by atoms with van der Waals surface area (Å²) in [5.74, 6) is -0.379.